The Morgan fingerprint density at radius 3 is 2.55 bits per heavy atom. The van der Waals surface area contributed by atoms with E-state index in [1.54, 1.807) is 13.8 Å². The lowest BCUT2D eigenvalue weighted by atomic mass is 10.1. The van der Waals surface area contributed by atoms with Gasteiger partial charge in [0, 0.05) is 17.4 Å². The van der Waals surface area contributed by atoms with Crippen molar-refractivity contribution in [2.45, 2.75) is 45.5 Å². The minimum Gasteiger partial charge on any atom is -0.308 e. The van der Waals surface area contributed by atoms with Crippen LogP contribution >= 0.6 is 11.6 Å². The first-order chi connectivity index (χ1) is 14.4. The molecule has 3 rings (SSSR count). The molecule has 1 aliphatic heterocycles. The van der Waals surface area contributed by atoms with Crippen molar-refractivity contribution in [1.29, 1.82) is 0 Å². The Bertz CT molecular complexity index is 1030. The molecule has 1 unspecified atom stereocenters. The Morgan fingerprint density at radius 1 is 1.29 bits per heavy atom. The third kappa shape index (κ3) is 4.73. The lowest BCUT2D eigenvalue weighted by Gasteiger charge is -2.32. The number of carbonyl (C=O) groups is 2. The lowest BCUT2D eigenvalue weighted by Crippen LogP contribution is -2.51. The number of carbonyl (C=O) groups excluding carboxylic acids is 2. The summed E-state index contributed by atoms with van der Waals surface area (Å²) in [4.78, 5) is 30.9. The fraction of sp³-hybridized carbons (Fsp3) is 0.350. The van der Waals surface area contributed by atoms with Gasteiger partial charge in [-0.05, 0) is 51.1 Å². The van der Waals surface area contributed by atoms with Crippen LogP contribution in [0, 0.1) is 12.7 Å². The molecule has 1 aliphatic rings. The van der Waals surface area contributed by atoms with Crippen LogP contribution in [0.2, 0.25) is 5.02 Å². The molecule has 1 N–H and O–H groups in total. The number of pyridine rings is 1. The molecule has 0 radical (unpaired) electrons. The first kappa shape index (κ1) is 22.8. The van der Waals surface area contributed by atoms with Gasteiger partial charge >= 0.3 is 6.18 Å². The largest absolute Gasteiger partial charge is 0.416 e. The maximum atomic E-state index is 13.6. The van der Waals surface area contributed by atoms with Crippen molar-refractivity contribution in [3.8, 4) is 0 Å². The van der Waals surface area contributed by atoms with Crippen LogP contribution in [0.5, 0.6) is 0 Å². The second-order valence-corrected chi connectivity index (χ2v) is 7.79. The maximum Gasteiger partial charge on any atom is 0.416 e. The minimum absolute atomic E-state index is 0.0724. The molecule has 1 fully saturated rings. The number of nitrogens with one attached hydrogen (secondary N) is 1. The van der Waals surface area contributed by atoms with Crippen LogP contribution in [0.15, 0.2) is 30.3 Å². The third-order valence-corrected chi connectivity index (χ3v) is 4.96. The Morgan fingerprint density at radius 2 is 1.97 bits per heavy atom. The summed E-state index contributed by atoms with van der Waals surface area (Å²) >= 11 is 5.85. The van der Waals surface area contributed by atoms with Gasteiger partial charge in [-0.3, -0.25) is 20.0 Å². The molecule has 2 heterocycles. The first-order valence-corrected chi connectivity index (χ1v) is 9.69. The van der Waals surface area contributed by atoms with Crippen LogP contribution in [0.1, 0.15) is 31.5 Å². The van der Waals surface area contributed by atoms with Crippen molar-refractivity contribution in [2.24, 2.45) is 0 Å². The number of rotatable bonds is 4. The Balaban J connectivity index is 2.01. The minimum atomic E-state index is -4.62. The number of aryl methyl sites for hydroxylation is 1. The predicted octanol–water partition coefficient (Wildman–Crippen LogP) is 4.25. The van der Waals surface area contributed by atoms with E-state index in [1.165, 1.54) is 24.0 Å². The summed E-state index contributed by atoms with van der Waals surface area (Å²) in [5.74, 6) is -1.99. The number of halogens is 5. The lowest BCUT2D eigenvalue weighted by molar-refractivity contribution is -0.137. The molecule has 1 aromatic heterocycles. The number of hydrogen-bond acceptors (Lipinski definition) is 4. The normalized spacial score (nSPS) is 16.6. The summed E-state index contributed by atoms with van der Waals surface area (Å²) in [5, 5.41) is 0.844. The van der Waals surface area contributed by atoms with E-state index in [0.717, 1.165) is 23.2 Å². The van der Waals surface area contributed by atoms with Crippen LogP contribution in [0.4, 0.5) is 29.1 Å². The number of alkyl halides is 3. The zero-order valence-corrected chi connectivity index (χ0v) is 17.6. The summed E-state index contributed by atoms with van der Waals surface area (Å²) in [6, 6.07) is 3.81. The molecule has 166 valence electrons. The van der Waals surface area contributed by atoms with Gasteiger partial charge in [0.2, 0.25) is 5.91 Å². The van der Waals surface area contributed by atoms with Crippen molar-refractivity contribution in [1.82, 2.24) is 10.4 Å². The second-order valence-electron chi connectivity index (χ2n) is 7.38. The van der Waals surface area contributed by atoms with Crippen molar-refractivity contribution >= 4 is 34.9 Å². The van der Waals surface area contributed by atoms with E-state index in [1.807, 2.05) is 0 Å². The van der Waals surface area contributed by atoms with E-state index >= 15 is 0 Å². The second kappa shape index (κ2) is 8.33. The monoisotopic (exact) mass is 458 g/mol. The smallest absolute Gasteiger partial charge is 0.308 e. The molecular weight excluding hydrogens is 440 g/mol. The van der Waals surface area contributed by atoms with E-state index in [-0.39, 0.29) is 23.0 Å². The predicted molar refractivity (Wildman–Crippen MR) is 107 cm³/mol. The molecule has 0 aliphatic carbocycles. The summed E-state index contributed by atoms with van der Waals surface area (Å²) in [6.45, 7) is 4.79. The van der Waals surface area contributed by atoms with Gasteiger partial charge in [-0.15, -0.1) is 0 Å². The number of amides is 2. The fourth-order valence-electron chi connectivity index (χ4n) is 3.35. The standard InChI is InChI=1S/C20H19ClF4N4O2/c1-10(2)28(13-4-5-15(22)14(21)8-13)19(31)16-9-18(30)27-29(16)17-7-12(20(23,24)25)6-11(3)26-17/h4-8,10,16H,9H2,1-3H3,(H,27,30). The van der Waals surface area contributed by atoms with Crippen LogP contribution < -0.4 is 15.3 Å². The molecule has 2 aromatic rings. The maximum absolute atomic E-state index is 13.6. The SMILES string of the molecule is Cc1cc(C(F)(F)F)cc(N2NC(=O)CC2C(=O)N(c2ccc(F)c(Cl)c2)C(C)C)n1. The molecule has 0 saturated carbocycles. The highest BCUT2D eigenvalue weighted by molar-refractivity contribution is 6.31. The topological polar surface area (TPSA) is 65.5 Å². The number of hydrogen-bond donors (Lipinski definition) is 1. The van der Waals surface area contributed by atoms with Gasteiger partial charge in [0.05, 0.1) is 17.0 Å². The number of hydrazine groups is 1. The van der Waals surface area contributed by atoms with Crippen molar-refractivity contribution in [2.75, 3.05) is 9.91 Å². The average Bonchev–Trinajstić information content (AvgIpc) is 3.05. The molecule has 2 amide bonds. The Kier molecular flexibility index (Phi) is 6.13. The average molecular weight is 459 g/mol. The van der Waals surface area contributed by atoms with Gasteiger partial charge in [0.25, 0.3) is 5.91 Å². The van der Waals surface area contributed by atoms with E-state index in [4.69, 9.17) is 11.6 Å². The quantitative estimate of drug-likeness (QED) is 0.696. The van der Waals surface area contributed by atoms with Crippen molar-refractivity contribution in [3.05, 3.63) is 52.4 Å². The highest BCUT2D eigenvalue weighted by Crippen LogP contribution is 2.33. The van der Waals surface area contributed by atoms with Crippen LogP contribution in [0.3, 0.4) is 0 Å². The van der Waals surface area contributed by atoms with Gasteiger partial charge in [0.1, 0.15) is 17.7 Å². The number of nitrogens with zero attached hydrogens (tertiary/aromatic N) is 3. The number of anilines is 2. The van der Waals surface area contributed by atoms with Crippen LogP contribution in [0.25, 0.3) is 0 Å². The number of benzene rings is 1. The van der Waals surface area contributed by atoms with E-state index in [9.17, 15) is 27.2 Å². The van der Waals surface area contributed by atoms with Gasteiger partial charge in [-0.2, -0.15) is 13.2 Å². The molecular formula is C20H19ClF4N4O2. The molecule has 31 heavy (non-hydrogen) atoms. The molecule has 0 bridgehead atoms. The highest BCUT2D eigenvalue weighted by Gasteiger charge is 2.41. The zero-order chi connectivity index (χ0) is 23.1. The zero-order valence-electron chi connectivity index (χ0n) is 16.8. The Labute approximate surface area is 180 Å². The summed E-state index contributed by atoms with van der Waals surface area (Å²) in [6.07, 6.45) is -4.91. The molecule has 6 nitrogen and oxygen atoms in total. The fourth-order valence-corrected chi connectivity index (χ4v) is 3.53. The highest BCUT2D eigenvalue weighted by atomic mass is 35.5. The van der Waals surface area contributed by atoms with Gasteiger partial charge in [-0.25, -0.2) is 9.37 Å². The summed E-state index contributed by atoms with van der Waals surface area (Å²) in [7, 11) is 0. The molecule has 1 saturated heterocycles. The van der Waals surface area contributed by atoms with E-state index in [0.29, 0.717) is 5.69 Å². The molecule has 0 spiro atoms. The third-order valence-electron chi connectivity index (χ3n) is 4.67. The molecule has 1 aromatic carbocycles. The van der Waals surface area contributed by atoms with Crippen molar-refractivity contribution in [3.63, 3.8) is 0 Å². The Hall–Kier alpha value is -2.88. The van der Waals surface area contributed by atoms with Crippen LogP contribution in [-0.2, 0) is 15.8 Å². The molecule has 11 heteroatoms. The number of aromatic nitrogens is 1. The van der Waals surface area contributed by atoms with Crippen molar-refractivity contribution < 1.29 is 27.2 Å². The van der Waals surface area contributed by atoms with Gasteiger partial charge < -0.3 is 4.90 Å². The van der Waals surface area contributed by atoms with Gasteiger partial charge in [0.15, 0.2) is 0 Å². The van der Waals surface area contributed by atoms with Crippen LogP contribution in [-0.4, -0.2) is 28.9 Å². The van der Waals surface area contributed by atoms with E-state index < -0.39 is 41.5 Å². The van der Waals surface area contributed by atoms with E-state index in [2.05, 4.69) is 10.4 Å². The summed E-state index contributed by atoms with van der Waals surface area (Å²) in [5.41, 5.74) is 1.82. The summed E-state index contributed by atoms with van der Waals surface area (Å²) < 4.78 is 53.3. The molecule has 1 atom stereocenters. The van der Waals surface area contributed by atoms with Gasteiger partial charge in [-0.1, -0.05) is 11.6 Å². The first-order valence-electron chi connectivity index (χ1n) is 9.31.